The Bertz CT molecular complexity index is 1760. The Hall–Kier alpha value is -4.71. The molecule has 0 atom stereocenters. The van der Waals surface area contributed by atoms with E-state index in [1.165, 1.54) is 31.2 Å². The Balaban J connectivity index is 1.41. The van der Waals surface area contributed by atoms with E-state index in [1.54, 1.807) is 26.4 Å². The summed E-state index contributed by atoms with van der Waals surface area (Å²) in [5, 5.41) is 0.490. The fourth-order valence-electron chi connectivity index (χ4n) is 6.15. The van der Waals surface area contributed by atoms with Crippen LogP contribution in [0.5, 0.6) is 23.0 Å². The zero-order valence-electron chi connectivity index (χ0n) is 26.2. The van der Waals surface area contributed by atoms with Crippen LogP contribution in [-0.4, -0.2) is 14.2 Å². The Morgan fingerprint density at radius 1 is 0.689 bits per heavy atom. The van der Waals surface area contributed by atoms with Gasteiger partial charge in [0.25, 0.3) is 0 Å². The minimum Gasteiger partial charge on any atom is -0.493 e. The van der Waals surface area contributed by atoms with Gasteiger partial charge < -0.3 is 23.4 Å². The highest BCUT2D eigenvalue weighted by Crippen LogP contribution is 2.44. The third kappa shape index (κ3) is 7.01. The van der Waals surface area contributed by atoms with E-state index in [4.69, 9.17) is 23.4 Å². The van der Waals surface area contributed by atoms with Gasteiger partial charge in [0.2, 0.25) is 16.9 Å². The van der Waals surface area contributed by atoms with Gasteiger partial charge in [-0.25, -0.2) is 0 Å². The van der Waals surface area contributed by atoms with Gasteiger partial charge in [-0.1, -0.05) is 86.5 Å². The highest BCUT2D eigenvalue weighted by Gasteiger charge is 2.24. The van der Waals surface area contributed by atoms with Crippen molar-refractivity contribution in [2.45, 2.75) is 52.2 Å². The van der Waals surface area contributed by atoms with Gasteiger partial charge in [0.15, 0.2) is 17.3 Å². The van der Waals surface area contributed by atoms with Gasteiger partial charge in [-0.05, 0) is 72.1 Å². The molecular formula is C39H40O6. The topological polar surface area (TPSA) is 67.1 Å². The van der Waals surface area contributed by atoms with Crippen LogP contribution in [0.3, 0.4) is 0 Å². The Morgan fingerprint density at radius 3 is 1.84 bits per heavy atom. The van der Waals surface area contributed by atoms with Crippen molar-refractivity contribution in [3.63, 3.8) is 0 Å². The lowest BCUT2D eigenvalue weighted by Crippen LogP contribution is -2.14. The largest absolute Gasteiger partial charge is 0.493 e. The molecule has 5 aromatic rings. The number of ether oxygens (including phenoxy) is 4. The lowest BCUT2D eigenvalue weighted by atomic mass is 9.80. The smallest absolute Gasteiger partial charge is 0.235 e. The Morgan fingerprint density at radius 2 is 1.27 bits per heavy atom. The molecule has 0 N–H and O–H groups in total. The molecule has 1 saturated carbocycles. The maximum Gasteiger partial charge on any atom is 0.235 e. The van der Waals surface area contributed by atoms with Crippen LogP contribution in [0, 0.1) is 11.8 Å². The summed E-state index contributed by atoms with van der Waals surface area (Å²) >= 11 is 0. The monoisotopic (exact) mass is 604 g/mol. The standard InChI is InChI=1S/C39H40O6/c1-26-14-16-27(17-15-26)20-30-18-19-32-33(21-30)45-37(39(36(32)40)44-25-29-12-8-5-9-13-29)31-22-34(41-2)38(35(23-31)42-3)43-24-28-10-6-4-7-11-28/h4-13,18-19,21-23,26-27H,14-17,20,24-25H2,1-3H3. The summed E-state index contributed by atoms with van der Waals surface area (Å²) in [4.78, 5) is 14.0. The van der Waals surface area contributed by atoms with Crippen molar-refractivity contribution >= 4 is 11.0 Å². The van der Waals surface area contributed by atoms with E-state index in [9.17, 15) is 4.79 Å². The Kier molecular flexibility index (Phi) is 9.39. The highest BCUT2D eigenvalue weighted by atomic mass is 16.5. The normalized spacial score (nSPS) is 16.3. The van der Waals surface area contributed by atoms with Crippen LogP contribution in [0.25, 0.3) is 22.3 Å². The number of hydrogen-bond donors (Lipinski definition) is 0. The molecule has 0 aliphatic heterocycles. The molecule has 1 fully saturated rings. The maximum atomic E-state index is 14.0. The molecule has 6 rings (SSSR count). The molecule has 0 amide bonds. The first kappa shape index (κ1) is 30.3. The number of fused-ring (bicyclic) bond motifs is 1. The van der Waals surface area contributed by atoms with E-state index in [1.807, 2.05) is 72.8 Å². The molecular weight excluding hydrogens is 564 g/mol. The van der Waals surface area contributed by atoms with Crippen molar-refractivity contribution in [1.29, 1.82) is 0 Å². The van der Waals surface area contributed by atoms with Crippen LogP contribution in [0.4, 0.5) is 0 Å². The first-order chi connectivity index (χ1) is 22.0. The minimum absolute atomic E-state index is 0.141. The lowest BCUT2D eigenvalue weighted by molar-refractivity contribution is 0.266. The van der Waals surface area contributed by atoms with Crippen LogP contribution in [0.1, 0.15) is 49.3 Å². The average Bonchev–Trinajstić information content (AvgIpc) is 3.08. The van der Waals surface area contributed by atoms with E-state index in [2.05, 4.69) is 13.0 Å². The maximum absolute atomic E-state index is 14.0. The van der Waals surface area contributed by atoms with Crippen LogP contribution >= 0.6 is 0 Å². The number of methoxy groups -OCH3 is 2. The summed E-state index contributed by atoms with van der Waals surface area (Å²) in [6, 6.07) is 29.2. The lowest BCUT2D eigenvalue weighted by Gasteiger charge is -2.26. The average molecular weight is 605 g/mol. The van der Waals surface area contributed by atoms with E-state index >= 15 is 0 Å². The minimum atomic E-state index is -0.220. The molecule has 0 spiro atoms. The molecule has 1 aliphatic rings. The number of rotatable bonds is 11. The Labute approximate surface area is 264 Å². The van der Waals surface area contributed by atoms with E-state index in [-0.39, 0.29) is 17.8 Å². The molecule has 0 radical (unpaired) electrons. The van der Waals surface area contributed by atoms with Crippen molar-refractivity contribution in [3.05, 3.63) is 118 Å². The molecule has 1 aromatic heterocycles. The molecule has 1 aliphatic carbocycles. The predicted molar refractivity (Wildman–Crippen MR) is 177 cm³/mol. The van der Waals surface area contributed by atoms with Crippen LogP contribution in [0.2, 0.25) is 0 Å². The fraction of sp³-hybridized carbons (Fsp3) is 0.308. The number of hydrogen-bond acceptors (Lipinski definition) is 6. The zero-order chi connectivity index (χ0) is 31.2. The van der Waals surface area contributed by atoms with Gasteiger partial charge in [-0.2, -0.15) is 0 Å². The molecule has 45 heavy (non-hydrogen) atoms. The van der Waals surface area contributed by atoms with Gasteiger partial charge in [0.05, 0.1) is 19.6 Å². The summed E-state index contributed by atoms with van der Waals surface area (Å²) in [6.45, 7) is 2.90. The predicted octanol–water partition coefficient (Wildman–Crippen LogP) is 9.00. The second kappa shape index (κ2) is 13.9. The SMILES string of the molecule is COc1cc(-c2oc3cc(CC4CCC(C)CC4)ccc3c(=O)c2OCc2ccccc2)cc(OC)c1OCc1ccccc1. The molecule has 0 bridgehead atoms. The molecule has 0 saturated heterocycles. The van der Waals surface area contributed by atoms with Crippen molar-refractivity contribution in [1.82, 2.24) is 0 Å². The second-order valence-electron chi connectivity index (χ2n) is 12.0. The van der Waals surface area contributed by atoms with Crippen LogP contribution in [0.15, 0.2) is 100 Å². The molecule has 1 heterocycles. The van der Waals surface area contributed by atoms with Crippen LogP contribution < -0.4 is 24.4 Å². The van der Waals surface area contributed by atoms with E-state index < -0.39 is 0 Å². The molecule has 6 heteroatoms. The van der Waals surface area contributed by atoms with Gasteiger partial charge in [0.1, 0.15) is 18.8 Å². The van der Waals surface area contributed by atoms with Gasteiger partial charge in [-0.3, -0.25) is 4.79 Å². The van der Waals surface area contributed by atoms with Gasteiger partial charge in [-0.15, -0.1) is 0 Å². The van der Waals surface area contributed by atoms with Gasteiger partial charge >= 0.3 is 0 Å². The van der Waals surface area contributed by atoms with Crippen molar-refractivity contribution in [3.8, 4) is 34.3 Å². The first-order valence-corrected chi connectivity index (χ1v) is 15.7. The number of benzene rings is 4. The quantitative estimate of drug-likeness (QED) is 0.150. The third-order valence-corrected chi connectivity index (χ3v) is 8.75. The summed E-state index contributed by atoms with van der Waals surface area (Å²) < 4.78 is 30.5. The molecule has 0 unspecified atom stereocenters. The zero-order valence-corrected chi connectivity index (χ0v) is 26.2. The van der Waals surface area contributed by atoms with E-state index in [0.29, 0.717) is 52.1 Å². The summed E-state index contributed by atoms with van der Waals surface area (Å²) in [7, 11) is 3.16. The summed E-state index contributed by atoms with van der Waals surface area (Å²) in [5.41, 5.74) is 4.04. The second-order valence-corrected chi connectivity index (χ2v) is 12.0. The van der Waals surface area contributed by atoms with Crippen molar-refractivity contribution in [2.75, 3.05) is 14.2 Å². The van der Waals surface area contributed by atoms with Crippen molar-refractivity contribution < 1.29 is 23.4 Å². The fourth-order valence-corrected chi connectivity index (χ4v) is 6.15. The van der Waals surface area contributed by atoms with Crippen molar-refractivity contribution in [2.24, 2.45) is 11.8 Å². The first-order valence-electron chi connectivity index (χ1n) is 15.7. The molecule has 4 aromatic carbocycles. The van der Waals surface area contributed by atoms with Gasteiger partial charge in [0, 0.05) is 5.56 Å². The summed E-state index contributed by atoms with van der Waals surface area (Å²) in [5.74, 6) is 3.29. The van der Waals surface area contributed by atoms with Crippen LogP contribution in [-0.2, 0) is 19.6 Å². The highest BCUT2D eigenvalue weighted by molar-refractivity contribution is 5.83. The molecule has 6 nitrogen and oxygen atoms in total. The molecule has 232 valence electrons. The summed E-state index contributed by atoms with van der Waals surface area (Å²) in [6.07, 6.45) is 5.99. The third-order valence-electron chi connectivity index (χ3n) is 8.75. The van der Waals surface area contributed by atoms with E-state index in [0.717, 1.165) is 23.5 Å².